The van der Waals surface area contributed by atoms with Crippen LogP contribution in [0.4, 0.5) is 0 Å². The summed E-state index contributed by atoms with van der Waals surface area (Å²) < 4.78 is 2.06. The van der Waals surface area contributed by atoms with Crippen molar-refractivity contribution >= 4 is 22.8 Å². The molecule has 0 unspecified atom stereocenters. The third kappa shape index (κ3) is 2.42. The zero-order valence-electron chi connectivity index (χ0n) is 12.5. The molecule has 0 atom stereocenters. The van der Waals surface area contributed by atoms with Crippen LogP contribution in [0.5, 0.6) is 0 Å². The fourth-order valence-corrected chi connectivity index (χ4v) is 2.70. The monoisotopic (exact) mass is 299 g/mol. The van der Waals surface area contributed by atoms with Gasteiger partial charge in [-0.2, -0.15) is 0 Å². The summed E-state index contributed by atoms with van der Waals surface area (Å²) >= 11 is 6.10. The molecule has 2 aromatic heterocycles. The predicted molar refractivity (Wildman–Crippen MR) is 87.2 cm³/mol. The SMILES string of the molecule is Cc1ccnc2c1nc(CCl)n2-c1cccc(C(C)C)c1. The highest BCUT2D eigenvalue weighted by atomic mass is 35.5. The van der Waals surface area contributed by atoms with Crippen molar-refractivity contribution in [2.24, 2.45) is 0 Å². The molecule has 108 valence electrons. The van der Waals surface area contributed by atoms with Crippen LogP contribution >= 0.6 is 11.6 Å². The van der Waals surface area contributed by atoms with Crippen LogP contribution in [0.15, 0.2) is 36.5 Å². The second-order valence-corrected chi connectivity index (χ2v) is 5.81. The van der Waals surface area contributed by atoms with E-state index in [1.807, 2.05) is 19.2 Å². The van der Waals surface area contributed by atoms with E-state index in [0.29, 0.717) is 11.8 Å². The molecule has 0 saturated heterocycles. The van der Waals surface area contributed by atoms with E-state index in [9.17, 15) is 0 Å². The number of alkyl halides is 1. The predicted octanol–water partition coefficient (Wildman–Crippen LogP) is 4.59. The van der Waals surface area contributed by atoms with E-state index >= 15 is 0 Å². The lowest BCUT2D eigenvalue weighted by Crippen LogP contribution is -2.01. The van der Waals surface area contributed by atoms with E-state index in [4.69, 9.17) is 11.6 Å². The van der Waals surface area contributed by atoms with Gasteiger partial charge in [-0.1, -0.05) is 26.0 Å². The first kappa shape index (κ1) is 14.1. The third-order valence-corrected chi connectivity index (χ3v) is 3.97. The minimum absolute atomic E-state index is 0.363. The molecule has 0 aliphatic carbocycles. The molecule has 0 fully saturated rings. The molecule has 0 radical (unpaired) electrons. The molecule has 2 heterocycles. The largest absolute Gasteiger partial charge is 0.280 e. The molecule has 4 heteroatoms. The first-order chi connectivity index (χ1) is 10.1. The lowest BCUT2D eigenvalue weighted by molar-refractivity contribution is 0.860. The van der Waals surface area contributed by atoms with E-state index in [1.54, 1.807) is 0 Å². The van der Waals surface area contributed by atoms with Gasteiger partial charge in [0.05, 0.1) is 5.88 Å². The summed E-state index contributed by atoms with van der Waals surface area (Å²) in [6.07, 6.45) is 1.82. The summed E-state index contributed by atoms with van der Waals surface area (Å²) in [5.41, 5.74) is 5.26. The molecular weight excluding hydrogens is 282 g/mol. The zero-order valence-corrected chi connectivity index (χ0v) is 13.2. The number of imidazole rings is 1. The molecule has 0 bridgehead atoms. The van der Waals surface area contributed by atoms with Crippen LogP contribution in [0.25, 0.3) is 16.9 Å². The van der Waals surface area contributed by atoms with Crippen LogP contribution in [-0.2, 0) is 5.88 Å². The minimum Gasteiger partial charge on any atom is -0.280 e. The lowest BCUT2D eigenvalue weighted by Gasteiger charge is -2.11. The molecule has 3 nitrogen and oxygen atoms in total. The number of aromatic nitrogens is 3. The second kappa shape index (κ2) is 5.49. The van der Waals surface area contributed by atoms with Gasteiger partial charge in [-0.3, -0.25) is 4.57 Å². The summed E-state index contributed by atoms with van der Waals surface area (Å²) in [5.74, 6) is 1.67. The molecule has 3 rings (SSSR count). The molecule has 0 amide bonds. The van der Waals surface area contributed by atoms with Gasteiger partial charge in [0, 0.05) is 11.9 Å². The molecule has 0 aliphatic rings. The Labute approximate surface area is 129 Å². The van der Waals surface area contributed by atoms with E-state index in [0.717, 1.165) is 28.2 Å². The summed E-state index contributed by atoms with van der Waals surface area (Å²) in [4.78, 5) is 9.15. The highest BCUT2D eigenvalue weighted by molar-refractivity contribution is 6.17. The van der Waals surface area contributed by atoms with Gasteiger partial charge in [-0.25, -0.2) is 9.97 Å². The van der Waals surface area contributed by atoms with E-state index in [-0.39, 0.29) is 0 Å². The highest BCUT2D eigenvalue weighted by Crippen LogP contribution is 2.25. The topological polar surface area (TPSA) is 30.7 Å². The van der Waals surface area contributed by atoms with Gasteiger partial charge >= 0.3 is 0 Å². The fourth-order valence-electron chi connectivity index (χ4n) is 2.52. The molecule has 21 heavy (non-hydrogen) atoms. The standard InChI is InChI=1S/C17H18ClN3/c1-11(2)13-5-4-6-14(9-13)21-15(10-18)20-16-12(3)7-8-19-17(16)21/h4-9,11H,10H2,1-3H3. The molecule has 0 saturated carbocycles. The molecule has 1 aromatic carbocycles. The van der Waals surface area contributed by atoms with Crippen LogP contribution in [0.1, 0.15) is 36.7 Å². The maximum atomic E-state index is 6.10. The maximum Gasteiger partial charge on any atom is 0.164 e. The Balaban J connectivity index is 2.28. The summed E-state index contributed by atoms with van der Waals surface area (Å²) in [6.45, 7) is 6.43. The molecular formula is C17H18ClN3. The van der Waals surface area contributed by atoms with Crippen molar-refractivity contribution in [1.29, 1.82) is 0 Å². The Morgan fingerprint density at radius 2 is 2.05 bits per heavy atom. The second-order valence-electron chi connectivity index (χ2n) is 5.55. The molecule has 3 aromatic rings. The average molecular weight is 300 g/mol. The van der Waals surface area contributed by atoms with Crippen LogP contribution in [0.2, 0.25) is 0 Å². The van der Waals surface area contributed by atoms with Gasteiger partial charge in [0.15, 0.2) is 5.65 Å². The molecule has 0 N–H and O–H groups in total. The maximum absolute atomic E-state index is 6.10. The van der Waals surface area contributed by atoms with Crippen molar-refractivity contribution in [2.75, 3.05) is 0 Å². The number of aryl methyl sites for hydroxylation is 1. The number of benzene rings is 1. The smallest absolute Gasteiger partial charge is 0.164 e. The van der Waals surface area contributed by atoms with Crippen LogP contribution in [-0.4, -0.2) is 14.5 Å². The van der Waals surface area contributed by atoms with Gasteiger partial charge in [-0.05, 0) is 42.2 Å². The number of hydrogen-bond donors (Lipinski definition) is 0. The number of halogens is 1. The molecule has 0 aliphatic heterocycles. The Morgan fingerprint density at radius 3 is 2.76 bits per heavy atom. The van der Waals surface area contributed by atoms with Crippen LogP contribution < -0.4 is 0 Å². The van der Waals surface area contributed by atoms with Crippen LogP contribution in [0.3, 0.4) is 0 Å². The summed E-state index contributed by atoms with van der Waals surface area (Å²) in [6, 6.07) is 10.5. The Morgan fingerprint density at radius 1 is 1.24 bits per heavy atom. The van der Waals surface area contributed by atoms with Crippen molar-refractivity contribution in [2.45, 2.75) is 32.6 Å². The Hall–Kier alpha value is -1.87. The van der Waals surface area contributed by atoms with Gasteiger partial charge in [0.2, 0.25) is 0 Å². The van der Waals surface area contributed by atoms with Crippen LogP contribution in [0, 0.1) is 6.92 Å². The first-order valence-electron chi connectivity index (χ1n) is 7.11. The lowest BCUT2D eigenvalue weighted by atomic mass is 10.0. The van der Waals surface area contributed by atoms with Crippen molar-refractivity contribution in [3.05, 3.63) is 53.5 Å². The minimum atomic E-state index is 0.363. The average Bonchev–Trinajstić information content (AvgIpc) is 2.87. The number of pyridine rings is 1. The fraction of sp³-hybridized carbons (Fsp3) is 0.294. The van der Waals surface area contributed by atoms with E-state index in [2.05, 4.69) is 52.6 Å². The number of nitrogens with zero attached hydrogens (tertiary/aromatic N) is 3. The van der Waals surface area contributed by atoms with Gasteiger partial charge in [-0.15, -0.1) is 11.6 Å². The quantitative estimate of drug-likeness (QED) is 0.662. The van der Waals surface area contributed by atoms with Crippen molar-refractivity contribution in [3.63, 3.8) is 0 Å². The van der Waals surface area contributed by atoms with Gasteiger partial charge in [0.25, 0.3) is 0 Å². The summed E-state index contributed by atoms with van der Waals surface area (Å²) in [5, 5.41) is 0. The van der Waals surface area contributed by atoms with Gasteiger partial charge in [0.1, 0.15) is 11.3 Å². The van der Waals surface area contributed by atoms with E-state index < -0.39 is 0 Å². The Kier molecular flexibility index (Phi) is 3.68. The zero-order chi connectivity index (χ0) is 15.0. The van der Waals surface area contributed by atoms with Crippen molar-refractivity contribution in [3.8, 4) is 5.69 Å². The Bertz CT molecular complexity index is 790. The number of rotatable bonds is 3. The van der Waals surface area contributed by atoms with E-state index in [1.165, 1.54) is 5.56 Å². The van der Waals surface area contributed by atoms with Gasteiger partial charge < -0.3 is 0 Å². The van der Waals surface area contributed by atoms with Crippen molar-refractivity contribution in [1.82, 2.24) is 14.5 Å². The normalized spacial score (nSPS) is 11.5. The third-order valence-electron chi connectivity index (χ3n) is 3.73. The highest BCUT2D eigenvalue weighted by Gasteiger charge is 2.14. The first-order valence-corrected chi connectivity index (χ1v) is 7.64. The number of fused-ring (bicyclic) bond motifs is 1. The summed E-state index contributed by atoms with van der Waals surface area (Å²) in [7, 11) is 0. The molecule has 0 spiro atoms. The number of hydrogen-bond acceptors (Lipinski definition) is 2. The van der Waals surface area contributed by atoms with Crippen molar-refractivity contribution < 1.29 is 0 Å².